The molecule has 0 unspecified atom stereocenters. The van der Waals surface area contributed by atoms with Crippen LogP contribution in [0.3, 0.4) is 0 Å². The van der Waals surface area contributed by atoms with Gasteiger partial charge in [0, 0.05) is 44.9 Å². The number of Topliss-reactive ketones (excluding diaryl/α,β-unsaturated/α-hetero) is 1. The van der Waals surface area contributed by atoms with Gasteiger partial charge in [0.05, 0.1) is 12.1 Å². The number of carbonyl (C=O) groups excluding carboxylic acids is 5. The van der Waals surface area contributed by atoms with Crippen molar-refractivity contribution in [1.82, 2.24) is 36.1 Å². The van der Waals surface area contributed by atoms with E-state index in [-0.39, 0.29) is 48.0 Å². The molecule has 222 valence electrons. The Morgan fingerprint density at radius 2 is 1.68 bits per heavy atom. The first-order valence-electron chi connectivity index (χ1n) is 13.9. The second kappa shape index (κ2) is 15.8. The van der Waals surface area contributed by atoms with Crippen LogP contribution in [-0.4, -0.2) is 94.2 Å². The van der Waals surface area contributed by atoms with E-state index in [9.17, 15) is 24.0 Å². The molecule has 2 heterocycles. The summed E-state index contributed by atoms with van der Waals surface area (Å²) in [5.41, 5.74) is -0.907. The molecule has 0 bridgehead atoms. The fourth-order valence-corrected chi connectivity index (χ4v) is 4.31. The zero-order valence-electron chi connectivity index (χ0n) is 23.9. The van der Waals surface area contributed by atoms with E-state index in [1.807, 2.05) is 20.9 Å². The maximum atomic E-state index is 13.3. The van der Waals surface area contributed by atoms with Gasteiger partial charge in [-0.05, 0) is 38.6 Å². The van der Waals surface area contributed by atoms with Crippen molar-refractivity contribution >= 4 is 29.4 Å². The molecule has 1 aliphatic heterocycles. The number of piperidine rings is 1. The summed E-state index contributed by atoms with van der Waals surface area (Å²) in [7, 11) is 1.94. The van der Waals surface area contributed by atoms with Crippen LogP contribution >= 0.6 is 0 Å². The molecular weight excluding hydrogens is 518 g/mol. The summed E-state index contributed by atoms with van der Waals surface area (Å²) in [5, 5.41) is 20.3. The summed E-state index contributed by atoms with van der Waals surface area (Å²) in [6.45, 7) is 6.92. The molecule has 13 heteroatoms. The third-order valence-corrected chi connectivity index (χ3v) is 7.01. The molecule has 40 heavy (non-hydrogen) atoms. The Morgan fingerprint density at radius 3 is 2.27 bits per heavy atom. The van der Waals surface area contributed by atoms with Gasteiger partial charge in [0.15, 0.2) is 5.78 Å². The van der Waals surface area contributed by atoms with Crippen molar-refractivity contribution < 1.29 is 29.1 Å². The Hall–Kier alpha value is -3.61. The first-order chi connectivity index (χ1) is 19.0. The lowest BCUT2D eigenvalue weighted by atomic mass is 9.85. The van der Waals surface area contributed by atoms with E-state index in [1.165, 1.54) is 12.4 Å². The molecule has 0 aliphatic carbocycles. The molecule has 0 radical (unpaired) electrons. The average molecular weight is 562 g/mol. The minimum absolute atomic E-state index is 0.0813. The summed E-state index contributed by atoms with van der Waals surface area (Å²) >= 11 is 0. The van der Waals surface area contributed by atoms with Crippen LogP contribution in [0.2, 0.25) is 0 Å². The van der Waals surface area contributed by atoms with E-state index in [0.717, 1.165) is 0 Å². The van der Waals surface area contributed by atoms with Crippen LogP contribution in [0.5, 0.6) is 6.01 Å². The molecule has 0 spiro atoms. The lowest BCUT2D eigenvalue weighted by molar-refractivity contribution is -0.138. The number of rotatable bonds is 15. The smallest absolute Gasteiger partial charge is 0.313 e. The molecule has 13 nitrogen and oxygen atoms in total. The van der Waals surface area contributed by atoms with Crippen molar-refractivity contribution in [1.29, 1.82) is 0 Å². The summed E-state index contributed by atoms with van der Waals surface area (Å²) in [6.07, 6.45) is 5.70. The number of ketones is 1. The molecule has 0 aromatic carbocycles. The maximum absolute atomic E-state index is 13.3. The number of nitrogens with one attached hydrogen (secondary N) is 4. The van der Waals surface area contributed by atoms with Gasteiger partial charge in [0.1, 0.15) is 11.6 Å². The number of hydrogen-bond acceptors (Lipinski definition) is 9. The zero-order valence-corrected chi connectivity index (χ0v) is 23.9. The third-order valence-electron chi connectivity index (χ3n) is 7.01. The van der Waals surface area contributed by atoms with E-state index in [1.54, 1.807) is 6.92 Å². The van der Waals surface area contributed by atoms with Crippen LogP contribution in [0, 0.1) is 5.92 Å². The van der Waals surface area contributed by atoms with E-state index in [2.05, 4.69) is 36.1 Å². The van der Waals surface area contributed by atoms with Crippen molar-refractivity contribution in [2.75, 3.05) is 33.2 Å². The average Bonchev–Trinajstić information content (AvgIpc) is 2.93. The molecule has 1 saturated heterocycles. The summed E-state index contributed by atoms with van der Waals surface area (Å²) in [5.74, 6) is -1.73. The van der Waals surface area contributed by atoms with Gasteiger partial charge in [-0.3, -0.25) is 24.0 Å². The lowest BCUT2D eigenvalue weighted by Crippen LogP contribution is -2.66. The molecule has 1 aromatic rings. The highest BCUT2D eigenvalue weighted by molar-refractivity contribution is 5.96. The molecule has 5 N–H and O–H groups in total. The Balaban J connectivity index is 1.84. The number of carbonyl (C=O) groups is 5. The van der Waals surface area contributed by atoms with Crippen LogP contribution in [0.25, 0.3) is 0 Å². The van der Waals surface area contributed by atoms with Crippen LogP contribution in [0.1, 0.15) is 76.1 Å². The predicted octanol–water partition coefficient (Wildman–Crippen LogP) is 0.289. The quantitative estimate of drug-likeness (QED) is 0.188. The molecule has 1 fully saturated rings. The van der Waals surface area contributed by atoms with Gasteiger partial charge in [-0.15, -0.1) is 0 Å². The van der Waals surface area contributed by atoms with E-state index < -0.39 is 23.5 Å². The number of amides is 4. The SMILES string of the molecule is CCC(=O)CNC(=O)C1(NC(=O)[C@@H](NC(=O)CCCCCNC(=O)c2cnc(O)nc2)C(C)C)CCN(C)CC1. The Morgan fingerprint density at radius 1 is 1.02 bits per heavy atom. The van der Waals surface area contributed by atoms with Crippen molar-refractivity contribution in [2.45, 2.75) is 77.3 Å². The number of likely N-dealkylation sites (tertiary alicyclic amines) is 1. The van der Waals surface area contributed by atoms with Crippen molar-refractivity contribution in [3.63, 3.8) is 0 Å². The van der Waals surface area contributed by atoms with Gasteiger partial charge < -0.3 is 31.3 Å². The number of nitrogens with zero attached hydrogens (tertiary/aromatic N) is 3. The van der Waals surface area contributed by atoms with Gasteiger partial charge in [0.25, 0.3) is 5.91 Å². The van der Waals surface area contributed by atoms with Crippen LogP contribution < -0.4 is 21.3 Å². The Kier molecular flexibility index (Phi) is 12.9. The zero-order chi connectivity index (χ0) is 29.7. The molecule has 2 rings (SSSR count). The summed E-state index contributed by atoms with van der Waals surface area (Å²) < 4.78 is 0. The standard InChI is InChI=1S/C27H43N7O6/c1-5-20(35)17-29-25(39)27(10-13-34(4)14-11-27)33-24(38)22(18(2)3)32-21(36)9-7-6-8-12-28-23(37)19-15-30-26(40)31-16-19/h15-16,18,22H,5-14,17H2,1-4H3,(H,28,37)(H,29,39)(H,32,36)(H,33,38)(H,30,31,40)/t22-/m0/s1. The maximum Gasteiger partial charge on any atom is 0.313 e. The van der Waals surface area contributed by atoms with Gasteiger partial charge in [-0.2, -0.15) is 0 Å². The highest BCUT2D eigenvalue weighted by atomic mass is 16.3. The fraction of sp³-hybridized carbons (Fsp3) is 0.667. The molecule has 0 saturated carbocycles. The lowest BCUT2D eigenvalue weighted by Gasteiger charge is -2.41. The van der Waals surface area contributed by atoms with Crippen LogP contribution in [0.15, 0.2) is 12.4 Å². The molecule has 1 aliphatic rings. The second-order valence-corrected chi connectivity index (χ2v) is 10.6. The normalized spacial score (nSPS) is 15.6. The largest absolute Gasteiger partial charge is 0.479 e. The number of aromatic nitrogens is 2. The Labute approximate surface area is 235 Å². The summed E-state index contributed by atoms with van der Waals surface area (Å²) in [6, 6.07) is -1.22. The summed E-state index contributed by atoms with van der Waals surface area (Å²) in [4.78, 5) is 72.1. The van der Waals surface area contributed by atoms with E-state index in [4.69, 9.17) is 5.11 Å². The van der Waals surface area contributed by atoms with Crippen LogP contribution in [0.4, 0.5) is 0 Å². The van der Waals surface area contributed by atoms with Crippen LogP contribution in [-0.2, 0) is 19.2 Å². The minimum Gasteiger partial charge on any atom is -0.479 e. The predicted molar refractivity (Wildman–Crippen MR) is 147 cm³/mol. The third kappa shape index (κ3) is 10.2. The van der Waals surface area contributed by atoms with E-state index >= 15 is 0 Å². The fourth-order valence-electron chi connectivity index (χ4n) is 4.31. The number of unbranched alkanes of at least 4 members (excludes halogenated alkanes) is 2. The van der Waals surface area contributed by atoms with E-state index in [0.29, 0.717) is 58.2 Å². The molecule has 1 aromatic heterocycles. The number of aromatic hydroxyl groups is 1. The molecule has 1 atom stereocenters. The van der Waals surface area contributed by atoms with Gasteiger partial charge in [0.2, 0.25) is 17.7 Å². The molecular formula is C27H43N7O6. The highest BCUT2D eigenvalue weighted by Gasteiger charge is 2.43. The topological polar surface area (TPSA) is 183 Å². The van der Waals surface area contributed by atoms with Gasteiger partial charge in [-0.1, -0.05) is 27.2 Å². The van der Waals surface area contributed by atoms with Gasteiger partial charge >= 0.3 is 6.01 Å². The Bertz CT molecular complexity index is 1020. The van der Waals surface area contributed by atoms with Crippen molar-refractivity contribution in [3.05, 3.63) is 18.0 Å². The second-order valence-electron chi connectivity index (χ2n) is 10.6. The van der Waals surface area contributed by atoms with Crippen molar-refractivity contribution in [2.24, 2.45) is 5.92 Å². The number of hydrogen-bond donors (Lipinski definition) is 5. The molecule has 4 amide bonds. The highest BCUT2D eigenvalue weighted by Crippen LogP contribution is 2.23. The first kappa shape index (κ1) is 32.6. The minimum atomic E-state index is -1.15. The van der Waals surface area contributed by atoms with Crippen molar-refractivity contribution in [3.8, 4) is 6.01 Å². The van der Waals surface area contributed by atoms with Gasteiger partial charge in [-0.25, -0.2) is 9.97 Å². The monoisotopic (exact) mass is 561 g/mol. The first-order valence-corrected chi connectivity index (χ1v) is 13.9.